The Kier molecular flexibility index (Phi) is 4.36. The van der Waals surface area contributed by atoms with Crippen LogP contribution in [-0.2, 0) is 9.84 Å². The smallest absolute Gasteiger partial charge is 0.150 e. The van der Waals surface area contributed by atoms with Crippen molar-refractivity contribution in [2.45, 2.75) is 37.0 Å². The van der Waals surface area contributed by atoms with Crippen molar-refractivity contribution in [1.29, 1.82) is 0 Å². The predicted molar refractivity (Wildman–Crippen MR) is 75.9 cm³/mol. The Morgan fingerprint density at radius 1 is 1.37 bits per heavy atom. The van der Waals surface area contributed by atoms with E-state index in [1.807, 2.05) is 0 Å². The quantitative estimate of drug-likeness (QED) is 0.932. The van der Waals surface area contributed by atoms with Crippen LogP contribution in [0.1, 0.15) is 25.7 Å². The SMILES string of the molecule is CS(=O)(=O)C1CCCC(Nc2cc(Cl)ccc2F)C1. The summed E-state index contributed by atoms with van der Waals surface area (Å²) in [5, 5.41) is 3.19. The Morgan fingerprint density at radius 2 is 2.11 bits per heavy atom. The molecule has 0 heterocycles. The molecular formula is C13H17ClFNO2S. The van der Waals surface area contributed by atoms with Gasteiger partial charge in [0.05, 0.1) is 10.9 Å². The summed E-state index contributed by atoms with van der Waals surface area (Å²) in [4.78, 5) is 0. The van der Waals surface area contributed by atoms with Gasteiger partial charge < -0.3 is 5.32 Å². The first-order valence-electron chi connectivity index (χ1n) is 6.26. The van der Waals surface area contributed by atoms with Gasteiger partial charge in [-0.2, -0.15) is 0 Å². The summed E-state index contributed by atoms with van der Waals surface area (Å²) < 4.78 is 36.8. The van der Waals surface area contributed by atoms with Gasteiger partial charge in [-0.1, -0.05) is 18.0 Å². The minimum atomic E-state index is -3.03. The lowest BCUT2D eigenvalue weighted by molar-refractivity contribution is 0.451. The maximum atomic E-state index is 13.6. The zero-order chi connectivity index (χ0) is 14.0. The van der Waals surface area contributed by atoms with Gasteiger partial charge in [0.1, 0.15) is 15.7 Å². The van der Waals surface area contributed by atoms with E-state index in [1.165, 1.54) is 24.5 Å². The minimum absolute atomic E-state index is 0.0264. The molecule has 2 rings (SSSR count). The minimum Gasteiger partial charge on any atom is -0.380 e. The monoisotopic (exact) mass is 305 g/mol. The van der Waals surface area contributed by atoms with Crippen molar-refractivity contribution >= 4 is 27.1 Å². The van der Waals surface area contributed by atoms with Crippen molar-refractivity contribution in [3.8, 4) is 0 Å². The molecule has 0 radical (unpaired) electrons. The van der Waals surface area contributed by atoms with Crippen LogP contribution in [0.5, 0.6) is 0 Å². The van der Waals surface area contributed by atoms with E-state index in [0.29, 0.717) is 23.6 Å². The first-order valence-corrected chi connectivity index (χ1v) is 8.60. The molecule has 1 aliphatic carbocycles. The number of hydrogen-bond donors (Lipinski definition) is 1. The van der Waals surface area contributed by atoms with Crippen molar-refractivity contribution in [2.75, 3.05) is 11.6 Å². The standard InChI is InChI=1S/C13H17ClFNO2S/c1-19(17,18)11-4-2-3-10(8-11)16-13-7-9(14)5-6-12(13)15/h5-7,10-11,16H,2-4,8H2,1H3. The lowest BCUT2D eigenvalue weighted by Crippen LogP contribution is -2.34. The van der Waals surface area contributed by atoms with Gasteiger partial charge in [0.15, 0.2) is 0 Å². The third-order valence-electron chi connectivity index (χ3n) is 3.52. The fourth-order valence-electron chi connectivity index (χ4n) is 2.49. The van der Waals surface area contributed by atoms with Gasteiger partial charge in [0.2, 0.25) is 0 Å². The third-order valence-corrected chi connectivity index (χ3v) is 5.39. The molecule has 106 valence electrons. The Bertz CT molecular complexity index is 562. The molecule has 0 bridgehead atoms. The zero-order valence-electron chi connectivity index (χ0n) is 10.7. The van der Waals surface area contributed by atoms with E-state index in [0.717, 1.165) is 12.8 Å². The normalized spacial score (nSPS) is 24.2. The molecule has 3 nitrogen and oxygen atoms in total. The molecule has 0 amide bonds. The lowest BCUT2D eigenvalue weighted by Gasteiger charge is -2.29. The topological polar surface area (TPSA) is 46.2 Å². The maximum Gasteiger partial charge on any atom is 0.150 e. The molecule has 1 saturated carbocycles. The second kappa shape index (κ2) is 5.67. The molecule has 1 N–H and O–H groups in total. The highest BCUT2D eigenvalue weighted by atomic mass is 35.5. The van der Waals surface area contributed by atoms with E-state index >= 15 is 0 Å². The highest BCUT2D eigenvalue weighted by Crippen LogP contribution is 2.28. The summed E-state index contributed by atoms with van der Waals surface area (Å²) in [6.45, 7) is 0. The second-order valence-electron chi connectivity index (χ2n) is 5.08. The highest BCUT2D eigenvalue weighted by Gasteiger charge is 2.29. The summed E-state index contributed by atoms with van der Waals surface area (Å²) >= 11 is 5.83. The van der Waals surface area contributed by atoms with Gasteiger partial charge in [0.25, 0.3) is 0 Å². The third kappa shape index (κ3) is 3.83. The number of halogens is 2. The van der Waals surface area contributed by atoms with Gasteiger partial charge in [-0.05, 0) is 37.5 Å². The van der Waals surface area contributed by atoms with E-state index in [-0.39, 0.29) is 17.1 Å². The number of anilines is 1. The molecule has 1 aliphatic rings. The molecule has 19 heavy (non-hydrogen) atoms. The van der Waals surface area contributed by atoms with Gasteiger partial charge in [-0.25, -0.2) is 12.8 Å². The molecule has 0 saturated heterocycles. The van der Waals surface area contributed by atoms with E-state index in [4.69, 9.17) is 11.6 Å². The van der Waals surface area contributed by atoms with E-state index in [9.17, 15) is 12.8 Å². The Balaban J connectivity index is 2.09. The molecule has 1 aromatic rings. The van der Waals surface area contributed by atoms with Crippen LogP contribution in [0.2, 0.25) is 5.02 Å². The van der Waals surface area contributed by atoms with Crippen molar-refractivity contribution < 1.29 is 12.8 Å². The highest BCUT2D eigenvalue weighted by molar-refractivity contribution is 7.91. The average molecular weight is 306 g/mol. The van der Waals surface area contributed by atoms with E-state index in [1.54, 1.807) is 0 Å². The van der Waals surface area contributed by atoms with Crippen molar-refractivity contribution in [1.82, 2.24) is 0 Å². The van der Waals surface area contributed by atoms with Crippen LogP contribution >= 0.6 is 11.6 Å². The first-order chi connectivity index (χ1) is 8.86. The number of hydrogen-bond acceptors (Lipinski definition) is 3. The number of benzene rings is 1. The van der Waals surface area contributed by atoms with Crippen molar-refractivity contribution in [2.24, 2.45) is 0 Å². The van der Waals surface area contributed by atoms with Crippen LogP contribution in [-0.4, -0.2) is 26.0 Å². The summed E-state index contributed by atoms with van der Waals surface area (Å²) in [5.74, 6) is -0.370. The average Bonchev–Trinajstić information content (AvgIpc) is 2.33. The second-order valence-corrected chi connectivity index (χ2v) is 7.85. The van der Waals surface area contributed by atoms with Crippen LogP contribution in [0.15, 0.2) is 18.2 Å². The van der Waals surface area contributed by atoms with Gasteiger partial charge in [-0.3, -0.25) is 0 Å². The Labute approximate surface area is 118 Å². The molecule has 2 unspecified atom stereocenters. The van der Waals surface area contributed by atoms with Crippen LogP contribution in [0, 0.1) is 5.82 Å². The maximum absolute atomic E-state index is 13.6. The molecule has 1 fully saturated rings. The van der Waals surface area contributed by atoms with Crippen molar-refractivity contribution in [3.63, 3.8) is 0 Å². The van der Waals surface area contributed by atoms with Gasteiger partial charge in [0, 0.05) is 17.3 Å². The summed E-state index contributed by atoms with van der Waals surface area (Å²) in [5.41, 5.74) is 0.339. The molecule has 6 heteroatoms. The Hall–Kier alpha value is -0.810. The number of nitrogens with one attached hydrogen (secondary N) is 1. The summed E-state index contributed by atoms with van der Waals surface area (Å²) in [6.07, 6.45) is 4.15. The molecule has 0 aromatic heterocycles. The molecule has 0 spiro atoms. The fourth-order valence-corrected chi connectivity index (χ4v) is 3.84. The van der Waals surface area contributed by atoms with Crippen LogP contribution in [0.3, 0.4) is 0 Å². The van der Waals surface area contributed by atoms with Crippen LogP contribution in [0.25, 0.3) is 0 Å². The van der Waals surface area contributed by atoms with Crippen LogP contribution < -0.4 is 5.32 Å². The summed E-state index contributed by atoms with van der Waals surface area (Å²) in [7, 11) is -3.03. The number of sulfone groups is 1. The lowest BCUT2D eigenvalue weighted by atomic mass is 9.94. The van der Waals surface area contributed by atoms with Crippen molar-refractivity contribution in [3.05, 3.63) is 29.0 Å². The largest absolute Gasteiger partial charge is 0.380 e. The van der Waals surface area contributed by atoms with Gasteiger partial charge >= 0.3 is 0 Å². The van der Waals surface area contributed by atoms with E-state index < -0.39 is 9.84 Å². The molecule has 1 aromatic carbocycles. The predicted octanol–water partition coefficient (Wildman–Crippen LogP) is 3.25. The fraction of sp³-hybridized carbons (Fsp3) is 0.538. The molecular weight excluding hydrogens is 289 g/mol. The first kappa shape index (κ1) is 14.6. The van der Waals surface area contributed by atoms with Gasteiger partial charge in [-0.15, -0.1) is 0 Å². The summed E-state index contributed by atoms with van der Waals surface area (Å²) in [6, 6.07) is 4.30. The Morgan fingerprint density at radius 3 is 2.79 bits per heavy atom. The van der Waals surface area contributed by atoms with E-state index in [2.05, 4.69) is 5.32 Å². The molecule has 2 atom stereocenters. The number of rotatable bonds is 3. The van der Waals surface area contributed by atoms with Crippen LogP contribution in [0.4, 0.5) is 10.1 Å². The molecule has 0 aliphatic heterocycles. The zero-order valence-corrected chi connectivity index (χ0v) is 12.3.